The number of benzene rings is 2. The van der Waals surface area contributed by atoms with Crippen LogP contribution in [-0.4, -0.2) is 88.0 Å². The number of nitrogens with one attached hydrogen (secondary N) is 3. The lowest BCUT2D eigenvalue weighted by Gasteiger charge is -2.41. The van der Waals surface area contributed by atoms with E-state index in [-0.39, 0.29) is 42.0 Å². The van der Waals surface area contributed by atoms with Crippen molar-refractivity contribution in [3.63, 3.8) is 0 Å². The Balaban J connectivity index is 1.27. The van der Waals surface area contributed by atoms with E-state index in [0.717, 1.165) is 57.2 Å². The predicted molar refractivity (Wildman–Crippen MR) is 185 cm³/mol. The molecule has 1 aromatic heterocycles. The fourth-order valence-corrected chi connectivity index (χ4v) is 6.91. The summed E-state index contributed by atoms with van der Waals surface area (Å²) in [6.07, 6.45) is 7.85. The van der Waals surface area contributed by atoms with E-state index in [9.17, 15) is 19.2 Å². The van der Waals surface area contributed by atoms with Gasteiger partial charge in [-0.1, -0.05) is 68.7 Å². The van der Waals surface area contributed by atoms with E-state index >= 15 is 0 Å². The third-order valence-corrected chi connectivity index (χ3v) is 9.64. The molecule has 1 aliphatic heterocycles. The molecule has 2 aromatic carbocycles. The minimum atomic E-state index is -0.711. The number of rotatable bonds is 12. The third-order valence-electron chi connectivity index (χ3n) is 9.64. The standard InChI is InChI=1S/C37H49N7O4/c1-4-33(45)40-31(37(48)44-22-21-42(2)25-30(44)23-26-11-7-5-8-12-26)24-27-15-17-29(18-16-27)39-36(47)34(28-13-9-6-10-14-28)41-35(46)32-19-20-38-43(32)3/h5,7-8,11-12,15-20,28,30-31,34H,4,6,9-10,13-14,21-25H2,1-3H3,(H,39,47)(H,40,45)(H,41,46)/t30-,31-,34+/m1/s1. The summed E-state index contributed by atoms with van der Waals surface area (Å²) in [4.78, 5) is 57.5. The first-order valence-corrected chi connectivity index (χ1v) is 17.2. The molecule has 1 aliphatic carbocycles. The van der Waals surface area contributed by atoms with E-state index in [1.165, 1.54) is 10.2 Å². The molecule has 2 heterocycles. The van der Waals surface area contributed by atoms with Crippen molar-refractivity contribution in [1.82, 2.24) is 30.2 Å². The highest BCUT2D eigenvalue weighted by Gasteiger charge is 2.35. The molecule has 0 bridgehead atoms. The van der Waals surface area contributed by atoms with Crippen molar-refractivity contribution in [2.75, 3.05) is 32.0 Å². The maximum absolute atomic E-state index is 14.1. The summed E-state index contributed by atoms with van der Waals surface area (Å²) in [5, 5.41) is 13.1. The second kappa shape index (κ2) is 16.5. The number of piperazine rings is 1. The van der Waals surface area contributed by atoms with E-state index in [1.807, 2.05) is 47.4 Å². The zero-order chi connectivity index (χ0) is 34.0. The number of likely N-dealkylation sites (N-methyl/N-ethyl adjacent to an activating group) is 1. The van der Waals surface area contributed by atoms with Crippen molar-refractivity contribution in [1.29, 1.82) is 0 Å². The van der Waals surface area contributed by atoms with E-state index in [1.54, 1.807) is 26.2 Å². The maximum Gasteiger partial charge on any atom is 0.270 e. The molecule has 2 aliphatic rings. The van der Waals surface area contributed by atoms with Crippen molar-refractivity contribution in [3.8, 4) is 0 Å². The number of nitrogens with zero attached hydrogens (tertiary/aromatic N) is 4. The fraction of sp³-hybridized carbons (Fsp3) is 0.486. The highest BCUT2D eigenvalue weighted by atomic mass is 16.2. The Morgan fingerprint density at radius 1 is 0.875 bits per heavy atom. The molecule has 0 radical (unpaired) electrons. The summed E-state index contributed by atoms with van der Waals surface area (Å²) >= 11 is 0. The van der Waals surface area contributed by atoms with Crippen molar-refractivity contribution in [2.45, 2.75) is 76.4 Å². The molecule has 1 saturated heterocycles. The number of hydrogen-bond acceptors (Lipinski definition) is 6. The molecule has 11 nitrogen and oxygen atoms in total. The van der Waals surface area contributed by atoms with Crippen LogP contribution in [0.1, 0.15) is 67.1 Å². The van der Waals surface area contributed by atoms with E-state index in [0.29, 0.717) is 24.3 Å². The number of aryl methyl sites for hydroxylation is 1. The van der Waals surface area contributed by atoms with Gasteiger partial charge < -0.3 is 25.8 Å². The van der Waals surface area contributed by atoms with Gasteiger partial charge in [0.1, 0.15) is 17.8 Å². The smallest absolute Gasteiger partial charge is 0.270 e. The molecule has 3 atom stereocenters. The first-order chi connectivity index (χ1) is 23.2. The van der Waals surface area contributed by atoms with E-state index in [2.05, 4.69) is 45.1 Å². The molecule has 2 fully saturated rings. The van der Waals surface area contributed by atoms with Crippen molar-refractivity contribution in [2.24, 2.45) is 13.0 Å². The maximum atomic E-state index is 14.1. The molecular weight excluding hydrogens is 606 g/mol. The normalized spacial score (nSPS) is 18.5. The summed E-state index contributed by atoms with van der Waals surface area (Å²) in [6, 6.07) is 17.8. The minimum Gasteiger partial charge on any atom is -0.344 e. The average molecular weight is 656 g/mol. The van der Waals surface area contributed by atoms with Crippen LogP contribution in [0.25, 0.3) is 0 Å². The van der Waals surface area contributed by atoms with Crippen LogP contribution in [0.5, 0.6) is 0 Å². The molecule has 0 unspecified atom stereocenters. The van der Waals surface area contributed by atoms with Crippen LogP contribution >= 0.6 is 0 Å². The molecule has 0 spiro atoms. The lowest BCUT2D eigenvalue weighted by molar-refractivity contribution is -0.140. The number of carbonyl (C=O) groups excluding carboxylic acids is 4. The number of carbonyl (C=O) groups is 4. The monoisotopic (exact) mass is 655 g/mol. The van der Waals surface area contributed by atoms with Gasteiger partial charge in [-0.25, -0.2) is 0 Å². The van der Waals surface area contributed by atoms with Gasteiger partial charge in [0.05, 0.1) is 0 Å². The number of hydrogen-bond donors (Lipinski definition) is 3. The Kier molecular flexibility index (Phi) is 12.0. The molecule has 4 amide bonds. The van der Waals surface area contributed by atoms with Crippen molar-refractivity contribution >= 4 is 29.3 Å². The lowest BCUT2D eigenvalue weighted by Crippen LogP contribution is -2.60. The Morgan fingerprint density at radius 3 is 2.27 bits per heavy atom. The van der Waals surface area contributed by atoms with Gasteiger partial charge in [-0.3, -0.25) is 23.9 Å². The molecule has 5 rings (SSSR count). The third kappa shape index (κ3) is 9.09. The Hall–Kier alpha value is -4.51. The summed E-state index contributed by atoms with van der Waals surface area (Å²) < 4.78 is 1.50. The summed E-state index contributed by atoms with van der Waals surface area (Å²) in [7, 11) is 3.77. The van der Waals surface area contributed by atoms with Gasteiger partial charge in [0.15, 0.2) is 0 Å². The first kappa shape index (κ1) is 34.8. The fourth-order valence-electron chi connectivity index (χ4n) is 6.91. The predicted octanol–water partition coefficient (Wildman–Crippen LogP) is 3.56. The van der Waals surface area contributed by atoms with Gasteiger partial charge >= 0.3 is 0 Å². The minimum absolute atomic E-state index is 0.00671. The first-order valence-electron chi connectivity index (χ1n) is 17.2. The zero-order valence-corrected chi connectivity index (χ0v) is 28.4. The SMILES string of the molecule is CCC(=O)N[C@H](Cc1ccc(NC(=O)[C@@H](NC(=O)c2ccnn2C)C2CCCCC2)cc1)C(=O)N1CCN(C)C[C@H]1Cc1ccccc1. The van der Waals surface area contributed by atoms with Crippen LogP contribution in [0, 0.1) is 5.92 Å². The second-order valence-electron chi connectivity index (χ2n) is 13.2. The number of aromatic nitrogens is 2. The van der Waals surface area contributed by atoms with Crippen LogP contribution in [0.3, 0.4) is 0 Å². The lowest BCUT2D eigenvalue weighted by atomic mass is 9.83. The van der Waals surface area contributed by atoms with E-state index < -0.39 is 12.1 Å². The van der Waals surface area contributed by atoms with Gasteiger partial charge in [-0.15, -0.1) is 0 Å². The van der Waals surface area contributed by atoms with Gasteiger partial charge in [-0.05, 0) is 61.6 Å². The number of amides is 4. The number of anilines is 1. The quantitative estimate of drug-likeness (QED) is 0.274. The van der Waals surface area contributed by atoms with Crippen LogP contribution in [-0.2, 0) is 34.3 Å². The Morgan fingerprint density at radius 2 is 1.60 bits per heavy atom. The van der Waals surface area contributed by atoms with Crippen molar-refractivity contribution < 1.29 is 19.2 Å². The van der Waals surface area contributed by atoms with Crippen LogP contribution in [0.4, 0.5) is 5.69 Å². The highest BCUT2D eigenvalue weighted by molar-refractivity contribution is 6.00. The Labute approximate surface area is 283 Å². The molecular formula is C37H49N7O4. The van der Waals surface area contributed by atoms with Crippen LogP contribution in [0.15, 0.2) is 66.9 Å². The Bertz CT molecular complexity index is 1530. The second-order valence-corrected chi connectivity index (χ2v) is 13.2. The van der Waals surface area contributed by atoms with Crippen molar-refractivity contribution in [3.05, 3.63) is 83.7 Å². The molecule has 48 heavy (non-hydrogen) atoms. The topological polar surface area (TPSA) is 129 Å². The molecule has 3 aromatic rings. The van der Waals surface area contributed by atoms with Gasteiger partial charge in [-0.2, -0.15) is 5.10 Å². The molecule has 256 valence electrons. The van der Waals surface area contributed by atoms with Gasteiger partial charge in [0.2, 0.25) is 17.7 Å². The highest BCUT2D eigenvalue weighted by Crippen LogP contribution is 2.28. The zero-order valence-electron chi connectivity index (χ0n) is 28.4. The average Bonchev–Trinajstić information content (AvgIpc) is 3.54. The van der Waals surface area contributed by atoms with Gasteiger partial charge in [0, 0.05) is 57.4 Å². The molecule has 11 heteroatoms. The van der Waals surface area contributed by atoms with Crippen LogP contribution in [0.2, 0.25) is 0 Å². The molecule has 3 N–H and O–H groups in total. The summed E-state index contributed by atoms with van der Waals surface area (Å²) in [5.41, 5.74) is 3.03. The van der Waals surface area contributed by atoms with E-state index in [4.69, 9.17) is 0 Å². The molecule has 1 saturated carbocycles. The largest absolute Gasteiger partial charge is 0.344 e. The van der Waals surface area contributed by atoms with Crippen LogP contribution < -0.4 is 16.0 Å². The summed E-state index contributed by atoms with van der Waals surface area (Å²) in [6.45, 7) is 3.90. The van der Waals surface area contributed by atoms with Gasteiger partial charge in [0.25, 0.3) is 5.91 Å². The summed E-state index contributed by atoms with van der Waals surface area (Å²) in [5.74, 6) is -0.791.